The number of aliphatic hydroxyl groups excluding tert-OH is 1. The fourth-order valence-corrected chi connectivity index (χ4v) is 2.25. The molecule has 0 saturated heterocycles. The van der Waals surface area contributed by atoms with E-state index in [1.165, 1.54) is 7.11 Å². The van der Waals surface area contributed by atoms with Gasteiger partial charge in [0.1, 0.15) is 11.4 Å². The smallest absolute Gasteiger partial charge is 0.337 e. The monoisotopic (exact) mass is 310 g/mol. The van der Waals surface area contributed by atoms with Gasteiger partial charge >= 0.3 is 5.97 Å². The third-order valence-corrected chi connectivity index (χ3v) is 3.36. The number of hydrogen-bond donors (Lipinski definition) is 1. The average Bonchev–Trinajstić information content (AvgIpc) is 3.06. The SMILES string of the molecule is COC(=O)c1ccc(-n2nnc(CO)c2-c2cccnc2)cc1. The number of aliphatic hydroxyl groups is 1. The molecule has 0 aliphatic rings. The fraction of sp³-hybridized carbons (Fsp3) is 0.125. The van der Waals surface area contributed by atoms with Crippen molar-refractivity contribution in [3.05, 3.63) is 60.0 Å². The number of carbonyl (C=O) groups is 1. The van der Waals surface area contributed by atoms with Crippen LogP contribution in [0.2, 0.25) is 0 Å². The highest BCUT2D eigenvalue weighted by Crippen LogP contribution is 2.24. The molecule has 0 atom stereocenters. The van der Waals surface area contributed by atoms with E-state index < -0.39 is 5.97 Å². The van der Waals surface area contributed by atoms with Gasteiger partial charge < -0.3 is 9.84 Å². The van der Waals surface area contributed by atoms with E-state index >= 15 is 0 Å². The summed E-state index contributed by atoms with van der Waals surface area (Å²) in [5, 5.41) is 17.6. The topological polar surface area (TPSA) is 90.1 Å². The van der Waals surface area contributed by atoms with Gasteiger partial charge in [-0.15, -0.1) is 5.10 Å². The molecule has 7 nitrogen and oxygen atoms in total. The van der Waals surface area contributed by atoms with Crippen molar-refractivity contribution in [2.45, 2.75) is 6.61 Å². The Bertz CT molecular complexity index is 813. The predicted octanol–water partition coefficient (Wildman–Crippen LogP) is 1.61. The Morgan fingerprint density at radius 2 is 2.04 bits per heavy atom. The summed E-state index contributed by atoms with van der Waals surface area (Å²) in [6.45, 7) is -0.232. The Morgan fingerprint density at radius 3 is 2.65 bits per heavy atom. The minimum Gasteiger partial charge on any atom is -0.465 e. The Balaban J connectivity index is 2.07. The molecule has 1 aromatic carbocycles. The molecule has 116 valence electrons. The number of esters is 1. The van der Waals surface area contributed by atoms with Crippen LogP contribution in [0.5, 0.6) is 0 Å². The maximum absolute atomic E-state index is 11.5. The Labute approximate surface area is 132 Å². The van der Waals surface area contributed by atoms with Gasteiger partial charge in [0.05, 0.1) is 25.0 Å². The number of aromatic nitrogens is 4. The van der Waals surface area contributed by atoms with Crippen LogP contribution < -0.4 is 0 Å². The van der Waals surface area contributed by atoms with Crippen molar-refractivity contribution in [2.24, 2.45) is 0 Å². The van der Waals surface area contributed by atoms with E-state index in [-0.39, 0.29) is 6.61 Å². The summed E-state index contributed by atoms with van der Waals surface area (Å²) in [6, 6.07) is 10.4. The third-order valence-electron chi connectivity index (χ3n) is 3.36. The van der Waals surface area contributed by atoms with Crippen LogP contribution in [0.25, 0.3) is 16.9 Å². The minimum absolute atomic E-state index is 0.232. The van der Waals surface area contributed by atoms with Gasteiger partial charge in [0.15, 0.2) is 0 Å². The summed E-state index contributed by atoms with van der Waals surface area (Å²) in [5.41, 5.74) is 3.06. The Kier molecular flexibility index (Phi) is 4.11. The molecule has 1 N–H and O–H groups in total. The van der Waals surface area contributed by atoms with Gasteiger partial charge in [-0.1, -0.05) is 5.21 Å². The Morgan fingerprint density at radius 1 is 1.26 bits per heavy atom. The first-order valence-electron chi connectivity index (χ1n) is 6.89. The predicted molar refractivity (Wildman–Crippen MR) is 81.9 cm³/mol. The van der Waals surface area contributed by atoms with Gasteiger partial charge in [0.25, 0.3) is 0 Å². The van der Waals surface area contributed by atoms with Crippen LogP contribution in [-0.4, -0.2) is 38.2 Å². The molecule has 3 aromatic rings. The van der Waals surface area contributed by atoms with Crippen LogP contribution in [0.4, 0.5) is 0 Å². The molecule has 2 heterocycles. The van der Waals surface area contributed by atoms with Crippen molar-refractivity contribution >= 4 is 5.97 Å². The largest absolute Gasteiger partial charge is 0.465 e. The van der Waals surface area contributed by atoms with Crippen molar-refractivity contribution in [1.29, 1.82) is 0 Å². The Hall–Kier alpha value is -3.06. The second-order valence-corrected chi connectivity index (χ2v) is 4.73. The highest BCUT2D eigenvalue weighted by atomic mass is 16.5. The van der Waals surface area contributed by atoms with Gasteiger partial charge in [-0.3, -0.25) is 4.98 Å². The minimum atomic E-state index is -0.404. The summed E-state index contributed by atoms with van der Waals surface area (Å²) in [5.74, 6) is -0.404. The molecule has 23 heavy (non-hydrogen) atoms. The van der Waals surface area contributed by atoms with Gasteiger partial charge in [-0.2, -0.15) is 0 Å². The molecule has 0 aliphatic carbocycles. The van der Waals surface area contributed by atoms with Gasteiger partial charge in [-0.25, -0.2) is 9.48 Å². The van der Waals surface area contributed by atoms with Crippen LogP contribution in [0.1, 0.15) is 16.1 Å². The molecule has 0 radical (unpaired) electrons. The van der Waals surface area contributed by atoms with Crippen molar-refractivity contribution in [3.63, 3.8) is 0 Å². The fourth-order valence-electron chi connectivity index (χ4n) is 2.25. The lowest BCUT2D eigenvalue weighted by molar-refractivity contribution is 0.0600. The van der Waals surface area contributed by atoms with Crippen molar-refractivity contribution in [3.8, 4) is 16.9 Å². The molecule has 0 unspecified atom stereocenters. The first-order chi connectivity index (χ1) is 11.2. The number of carbonyl (C=O) groups excluding carboxylic acids is 1. The molecular formula is C16H14N4O3. The lowest BCUT2D eigenvalue weighted by Crippen LogP contribution is -2.03. The maximum atomic E-state index is 11.5. The molecule has 2 aromatic heterocycles. The number of benzene rings is 1. The lowest BCUT2D eigenvalue weighted by Gasteiger charge is -2.08. The average molecular weight is 310 g/mol. The van der Waals surface area contributed by atoms with Crippen LogP contribution in [0, 0.1) is 0 Å². The number of rotatable bonds is 4. The van der Waals surface area contributed by atoms with Gasteiger partial charge in [0.2, 0.25) is 0 Å². The van der Waals surface area contributed by atoms with Crippen LogP contribution >= 0.6 is 0 Å². The van der Waals surface area contributed by atoms with Crippen LogP contribution in [0.3, 0.4) is 0 Å². The molecule has 7 heteroatoms. The van der Waals surface area contributed by atoms with Crippen LogP contribution in [-0.2, 0) is 11.3 Å². The van der Waals surface area contributed by atoms with Crippen molar-refractivity contribution in [1.82, 2.24) is 20.0 Å². The van der Waals surface area contributed by atoms with Crippen molar-refractivity contribution in [2.75, 3.05) is 7.11 Å². The number of hydrogen-bond acceptors (Lipinski definition) is 6. The number of pyridine rings is 1. The summed E-state index contributed by atoms with van der Waals surface area (Å²) in [6.07, 6.45) is 3.35. The molecule has 3 rings (SSSR count). The summed E-state index contributed by atoms with van der Waals surface area (Å²) >= 11 is 0. The molecular weight excluding hydrogens is 296 g/mol. The first-order valence-corrected chi connectivity index (χ1v) is 6.89. The summed E-state index contributed by atoms with van der Waals surface area (Å²) in [7, 11) is 1.34. The summed E-state index contributed by atoms with van der Waals surface area (Å²) in [4.78, 5) is 15.6. The zero-order valence-corrected chi connectivity index (χ0v) is 12.4. The quantitative estimate of drug-likeness (QED) is 0.736. The van der Waals surface area contributed by atoms with Gasteiger partial charge in [-0.05, 0) is 36.4 Å². The molecule has 0 fully saturated rings. The van der Waals surface area contributed by atoms with E-state index in [4.69, 9.17) is 0 Å². The number of nitrogens with zero attached hydrogens (tertiary/aromatic N) is 4. The zero-order valence-electron chi connectivity index (χ0n) is 12.4. The van der Waals surface area contributed by atoms with Crippen molar-refractivity contribution < 1.29 is 14.6 Å². The highest BCUT2D eigenvalue weighted by molar-refractivity contribution is 5.89. The molecule has 0 bridgehead atoms. The van der Waals surface area contributed by atoms with E-state index in [0.717, 1.165) is 5.56 Å². The van der Waals surface area contributed by atoms with E-state index in [2.05, 4.69) is 20.0 Å². The molecule has 0 aliphatic heterocycles. The van der Waals surface area contributed by atoms with E-state index in [0.29, 0.717) is 22.6 Å². The van der Waals surface area contributed by atoms with Crippen LogP contribution in [0.15, 0.2) is 48.8 Å². The third kappa shape index (κ3) is 2.82. The zero-order chi connectivity index (χ0) is 16.2. The van der Waals surface area contributed by atoms with E-state index in [1.54, 1.807) is 47.4 Å². The van der Waals surface area contributed by atoms with E-state index in [9.17, 15) is 9.90 Å². The standard InChI is InChI=1S/C16H14N4O3/c1-23-16(22)11-4-6-13(7-5-11)20-15(14(10-21)18-19-20)12-3-2-8-17-9-12/h2-9,21H,10H2,1H3. The van der Waals surface area contributed by atoms with Gasteiger partial charge in [0, 0.05) is 18.0 Å². The number of ether oxygens (including phenoxy) is 1. The molecule has 0 saturated carbocycles. The maximum Gasteiger partial charge on any atom is 0.337 e. The summed E-state index contributed by atoms with van der Waals surface area (Å²) < 4.78 is 6.28. The molecule has 0 spiro atoms. The van der Waals surface area contributed by atoms with E-state index in [1.807, 2.05) is 6.07 Å². The second-order valence-electron chi connectivity index (χ2n) is 4.73. The second kappa shape index (κ2) is 6.37. The lowest BCUT2D eigenvalue weighted by atomic mass is 10.1. The highest BCUT2D eigenvalue weighted by Gasteiger charge is 2.16. The normalized spacial score (nSPS) is 10.5. The number of methoxy groups -OCH3 is 1. The molecule has 0 amide bonds. The first kappa shape index (κ1) is 14.9.